The van der Waals surface area contributed by atoms with Gasteiger partial charge in [0.15, 0.2) is 24.0 Å². The van der Waals surface area contributed by atoms with Crippen LogP contribution in [0.25, 0.3) is 6.08 Å². The second-order valence-corrected chi connectivity index (χ2v) is 7.98. The van der Waals surface area contributed by atoms with Crippen molar-refractivity contribution in [2.24, 2.45) is 0 Å². The smallest absolute Gasteiger partial charge is 0.231 e. The minimum absolute atomic E-state index is 0.195. The van der Waals surface area contributed by atoms with Crippen LogP contribution in [0, 0.1) is 0 Å². The molecule has 0 bridgehead atoms. The topological polar surface area (TPSA) is 75.7 Å². The van der Waals surface area contributed by atoms with Crippen molar-refractivity contribution in [2.75, 3.05) is 40.1 Å². The van der Waals surface area contributed by atoms with Crippen LogP contribution in [-0.2, 0) is 6.54 Å². The van der Waals surface area contributed by atoms with Gasteiger partial charge in [-0.1, -0.05) is 0 Å². The molecule has 0 aliphatic carbocycles. The summed E-state index contributed by atoms with van der Waals surface area (Å²) in [5.41, 5.74) is 2.92. The van der Waals surface area contributed by atoms with E-state index in [1.54, 1.807) is 52.7 Å². The van der Waals surface area contributed by atoms with E-state index in [9.17, 15) is 4.79 Å². The number of rotatable bonds is 6. The van der Waals surface area contributed by atoms with Gasteiger partial charge >= 0.3 is 0 Å². The van der Waals surface area contributed by atoms with Gasteiger partial charge in [-0.25, -0.2) is 0 Å². The molecule has 0 fully saturated rings. The molecule has 0 spiro atoms. The molecule has 0 radical (unpaired) electrons. The fourth-order valence-electron chi connectivity index (χ4n) is 4.22. The van der Waals surface area contributed by atoms with Gasteiger partial charge in [0, 0.05) is 17.3 Å². The molecule has 3 aromatic rings. The number of nitrogens with zero attached hydrogens (tertiary/aromatic N) is 1. The third-order valence-electron chi connectivity index (χ3n) is 6.08. The molecule has 180 valence electrons. The van der Waals surface area contributed by atoms with Crippen molar-refractivity contribution in [1.82, 2.24) is 0 Å². The van der Waals surface area contributed by atoms with E-state index >= 15 is 0 Å². The van der Waals surface area contributed by atoms with E-state index in [-0.39, 0.29) is 11.5 Å². The van der Waals surface area contributed by atoms with Crippen molar-refractivity contribution in [1.29, 1.82) is 0 Å². The summed E-state index contributed by atoms with van der Waals surface area (Å²) in [5.74, 6) is 3.55. The summed E-state index contributed by atoms with van der Waals surface area (Å²) in [6.07, 6.45) is 1.65. The maximum absolute atomic E-state index is 13.2. The molecule has 2 aliphatic rings. The zero-order valence-electron chi connectivity index (χ0n) is 19.9. The van der Waals surface area contributed by atoms with Crippen LogP contribution in [0.2, 0.25) is 0 Å². The van der Waals surface area contributed by atoms with E-state index in [4.69, 9.17) is 28.4 Å². The molecular weight excluding hydrogens is 450 g/mol. The second kappa shape index (κ2) is 9.13. The fourth-order valence-corrected chi connectivity index (χ4v) is 4.22. The summed E-state index contributed by atoms with van der Waals surface area (Å²) in [6.45, 7) is 0.919. The number of anilines is 1. The molecular formula is C27H25NO7. The van der Waals surface area contributed by atoms with Crippen LogP contribution in [0.3, 0.4) is 0 Å². The van der Waals surface area contributed by atoms with Crippen molar-refractivity contribution < 1.29 is 33.2 Å². The first-order valence-electron chi connectivity index (χ1n) is 11.0. The summed E-state index contributed by atoms with van der Waals surface area (Å²) < 4.78 is 33.6. The van der Waals surface area contributed by atoms with E-state index < -0.39 is 0 Å². The van der Waals surface area contributed by atoms with Gasteiger partial charge in [0.25, 0.3) is 0 Å². The lowest BCUT2D eigenvalue weighted by atomic mass is 10.0. The molecule has 0 unspecified atom stereocenters. The first-order valence-corrected chi connectivity index (χ1v) is 11.0. The maximum Gasteiger partial charge on any atom is 0.231 e. The number of methoxy groups -OCH3 is 4. The lowest BCUT2D eigenvalue weighted by Crippen LogP contribution is -2.32. The number of Topliss-reactive ketones (excluding diaryl/α,β-unsaturated/α-hetero) is 1. The molecule has 0 aromatic heterocycles. The molecule has 8 heteroatoms. The average molecular weight is 475 g/mol. The van der Waals surface area contributed by atoms with E-state index in [0.29, 0.717) is 53.2 Å². The Morgan fingerprint density at radius 3 is 2.26 bits per heavy atom. The van der Waals surface area contributed by atoms with Crippen LogP contribution < -0.4 is 33.3 Å². The number of ether oxygens (including phenoxy) is 6. The number of hydrogen-bond acceptors (Lipinski definition) is 8. The molecule has 0 saturated carbocycles. The fraction of sp³-hybridized carbons (Fsp3) is 0.222. The SMILES string of the molecule is COc1ccc(N2COc3ccc4c(c3C2)O/C(=C\c2cc(OC)c(OC)cc2OC)C4=O)cc1. The second-order valence-electron chi connectivity index (χ2n) is 7.98. The van der Waals surface area contributed by atoms with Crippen LogP contribution in [0.1, 0.15) is 21.5 Å². The molecule has 2 heterocycles. The van der Waals surface area contributed by atoms with Gasteiger partial charge in [-0.15, -0.1) is 0 Å². The molecule has 5 rings (SSSR count). The van der Waals surface area contributed by atoms with Gasteiger partial charge in [-0.05, 0) is 48.5 Å². The zero-order valence-corrected chi connectivity index (χ0v) is 19.9. The number of carbonyl (C=O) groups is 1. The standard InChI is InChI=1S/C27H25NO7/c1-30-18-7-5-17(6-8-18)28-14-20-21(34-15-28)10-9-19-26(29)25(35-27(19)20)12-16-11-23(32-3)24(33-4)13-22(16)31-2/h5-13H,14-15H2,1-4H3/b25-12-. The number of benzene rings is 3. The summed E-state index contributed by atoms with van der Waals surface area (Å²) in [5, 5.41) is 0. The molecule has 0 atom stereocenters. The molecule has 0 amide bonds. The van der Waals surface area contributed by atoms with Crippen molar-refractivity contribution in [3.63, 3.8) is 0 Å². The molecule has 3 aromatic carbocycles. The third-order valence-corrected chi connectivity index (χ3v) is 6.08. The van der Waals surface area contributed by atoms with E-state index in [1.807, 2.05) is 30.3 Å². The Morgan fingerprint density at radius 2 is 1.57 bits per heavy atom. The molecule has 35 heavy (non-hydrogen) atoms. The minimum atomic E-state index is -0.207. The van der Waals surface area contributed by atoms with Gasteiger partial charge in [0.2, 0.25) is 5.78 Å². The van der Waals surface area contributed by atoms with Crippen molar-refractivity contribution in [3.8, 4) is 34.5 Å². The Bertz CT molecular complexity index is 1310. The lowest BCUT2D eigenvalue weighted by Gasteiger charge is -2.31. The van der Waals surface area contributed by atoms with Crippen LogP contribution in [0.5, 0.6) is 34.5 Å². The largest absolute Gasteiger partial charge is 0.497 e. The predicted octanol–water partition coefficient (Wildman–Crippen LogP) is 4.69. The Hall–Kier alpha value is -4.33. The molecule has 2 aliphatic heterocycles. The van der Waals surface area contributed by atoms with Gasteiger partial charge in [0.05, 0.1) is 46.1 Å². The minimum Gasteiger partial charge on any atom is -0.497 e. The number of allylic oxidation sites excluding steroid dienone is 1. The Kier molecular flexibility index (Phi) is 5.86. The number of ketones is 1. The number of fused-ring (bicyclic) bond motifs is 3. The molecule has 0 N–H and O–H groups in total. The van der Waals surface area contributed by atoms with Crippen molar-refractivity contribution in [2.45, 2.75) is 6.54 Å². The average Bonchev–Trinajstić information content (AvgIpc) is 3.23. The van der Waals surface area contributed by atoms with Crippen molar-refractivity contribution >= 4 is 17.5 Å². The monoisotopic (exact) mass is 475 g/mol. The van der Waals surface area contributed by atoms with Gasteiger partial charge < -0.3 is 33.3 Å². The first-order chi connectivity index (χ1) is 17.1. The third kappa shape index (κ3) is 3.97. The highest BCUT2D eigenvalue weighted by atomic mass is 16.5. The van der Waals surface area contributed by atoms with E-state index in [1.165, 1.54) is 0 Å². The van der Waals surface area contributed by atoms with E-state index in [0.717, 1.165) is 17.0 Å². The summed E-state index contributed by atoms with van der Waals surface area (Å²) in [6, 6.07) is 14.8. The lowest BCUT2D eigenvalue weighted by molar-refractivity contribution is 0.101. The highest BCUT2D eigenvalue weighted by molar-refractivity contribution is 6.15. The summed E-state index contributed by atoms with van der Waals surface area (Å²) in [4.78, 5) is 15.3. The highest BCUT2D eigenvalue weighted by Crippen LogP contribution is 2.44. The summed E-state index contributed by atoms with van der Waals surface area (Å²) >= 11 is 0. The molecule has 0 saturated heterocycles. The van der Waals surface area contributed by atoms with Crippen molar-refractivity contribution in [3.05, 3.63) is 71.0 Å². The Morgan fingerprint density at radius 1 is 0.857 bits per heavy atom. The van der Waals surface area contributed by atoms with E-state index in [2.05, 4.69) is 4.90 Å². The van der Waals surface area contributed by atoms with Crippen LogP contribution in [-0.4, -0.2) is 41.0 Å². The quantitative estimate of drug-likeness (QED) is 0.475. The first kappa shape index (κ1) is 22.5. The van der Waals surface area contributed by atoms with Crippen LogP contribution >= 0.6 is 0 Å². The Balaban J connectivity index is 1.48. The number of hydrogen-bond donors (Lipinski definition) is 0. The molecule has 8 nitrogen and oxygen atoms in total. The van der Waals surface area contributed by atoms with Gasteiger partial charge in [-0.3, -0.25) is 4.79 Å². The maximum atomic E-state index is 13.2. The van der Waals surface area contributed by atoms with Gasteiger partial charge in [0.1, 0.15) is 23.0 Å². The Labute approximate surface area is 203 Å². The normalized spacial score (nSPS) is 15.1. The van der Waals surface area contributed by atoms with Crippen LogP contribution in [0.4, 0.5) is 5.69 Å². The van der Waals surface area contributed by atoms with Gasteiger partial charge in [-0.2, -0.15) is 0 Å². The zero-order chi connectivity index (χ0) is 24.5. The number of carbonyl (C=O) groups excluding carboxylic acids is 1. The summed E-state index contributed by atoms with van der Waals surface area (Å²) in [7, 11) is 6.29. The predicted molar refractivity (Wildman–Crippen MR) is 130 cm³/mol. The van der Waals surface area contributed by atoms with Crippen LogP contribution in [0.15, 0.2) is 54.3 Å². The highest BCUT2D eigenvalue weighted by Gasteiger charge is 2.34.